The van der Waals surface area contributed by atoms with Crippen LogP contribution in [0.2, 0.25) is 0 Å². The van der Waals surface area contributed by atoms with Crippen LogP contribution in [-0.4, -0.2) is 33.7 Å². The molecule has 1 aliphatic rings. The van der Waals surface area contributed by atoms with E-state index in [0.29, 0.717) is 0 Å². The average Bonchev–Trinajstić information content (AvgIpc) is 2.95. The fourth-order valence-electron chi connectivity index (χ4n) is 2.68. The lowest BCUT2D eigenvalue weighted by Crippen LogP contribution is -2.30. The van der Waals surface area contributed by atoms with Crippen LogP contribution in [-0.2, 0) is 10.0 Å². The molecule has 5 nitrogen and oxygen atoms in total. The van der Waals surface area contributed by atoms with Gasteiger partial charge in [0.1, 0.15) is 0 Å². The zero-order valence-corrected chi connectivity index (χ0v) is 12.5. The summed E-state index contributed by atoms with van der Waals surface area (Å²) in [5, 5.41) is 12.8. The van der Waals surface area contributed by atoms with Crippen molar-refractivity contribution in [2.75, 3.05) is 25.5 Å². The molecule has 1 fully saturated rings. The summed E-state index contributed by atoms with van der Waals surface area (Å²) in [7, 11) is -1.98. The van der Waals surface area contributed by atoms with Crippen LogP contribution < -0.4 is 10.0 Å². The molecular formula is C14H22N2O3S. The minimum absolute atomic E-state index is 0.0181. The van der Waals surface area contributed by atoms with Crippen molar-refractivity contribution in [3.05, 3.63) is 24.3 Å². The van der Waals surface area contributed by atoms with Crippen molar-refractivity contribution in [3.63, 3.8) is 0 Å². The van der Waals surface area contributed by atoms with Gasteiger partial charge >= 0.3 is 0 Å². The summed E-state index contributed by atoms with van der Waals surface area (Å²) in [4.78, 5) is 0.253. The molecule has 0 atom stereocenters. The van der Waals surface area contributed by atoms with E-state index in [0.717, 1.165) is 25.1 Å². The maximum absolute atomic E-state index is 11.6. The standard InChI is InChI=1S/C14H22N2O3S/c1-15-20(18,19)13-6-4-12(5-7-13)16-10-14(11-17)8-2-3-9-14/h4-7,15-17H,2-3,8-11H2,1H3. The highest BCUT2D eigenvalue weighted by Crippen LogP contribution is 2.37. The fraction of sp³-hybridized carbons (Fsp3) is 0.571. The van der Waals surface area contributed by atoms with Crippen molar-refractivity contribution in [2.24, 2.45) is 5.41 Å². The number of hydrogen-bond acceptors (Lipinski definition) is 4. The van der Waals surface area contributed by atoms with Gasteiger partial charge in [-0.05, 0) is 44.2 Å². The molecule has 0 spiro atoms. The summed E-state index contributed by atoms with van der Waals surface area (Å²) in [5.74, 6) is 0. The molecule has 0 saturated heterocycles. The predicted octanol–water partition coefficient (Wildman–Crippen LogP) is 1.56. The Morgan fingerprint density at radius 3 is 2.30 bits per heavy atom. The Bertz CT molecular complexity index is 534. The molecule has 2 rings (SSSR count). The molecule has 0 amide bonds. The number of sulfonamides is 1. The predicted molar refractivity (Wildman–Crippen MR) is 79.2 cm³/mol. The first kappa shape index (κ1) is 15.3. The van der Waals surface area contributed by atoms with E-state index in [4.69, 9.17) is 0 Å². The molecule has 20 heavy (non-hydrogen) atoms. The largest absolute Gasteiger partial charge is 0.396 e. The number of aliphatic hydroxyl groups is 1. The van der Waals surface area contributed by atoms with Gasteiger partial charge in [-0.25, -0.2) is 13.1 Å². The first-order valence-electron chi connectivity index (χ1n) is 6.90. The van der Waals surface area contributed by atoms with Gasteiger partial charge in [0, 0.05) is 17.6 Å². The summed E-state index contributed by atoms with van der Waals surface area (Å²) in [6.07, 6.45) is 4.43. The van der Waals surface area contributed by atoms with Crippen molar-refractivity contribution >= 4 is 15.7 Å². The highest BCUT2D eigenvalue weighted by molar-refractivity contribution is 7.89. The van der Waals surface area contributed by atoms with Gasteiger partial charge in [0.25, 0.3) is 0 Å². The number of aliphatic hydroxyl groups excluding tert-OH is 1. The maximum atomic E-state index is 11.6. The number of rotatable bonds is 6. The van der Waals surface area contributed by atoms with Crippen LogP contribution in [0.5, 0.6) is 0 Å². The Morgan fingerprint density at radius 1 is 1.20 bits per heavy atom. The van der Waals surface area contributed by atoms with Gasteiger partial charge in [-0.1, -0.05) is 12.8 Å². The molecule has 0 radical (unpaired) electrons. The third-order valence-corrected chi connectivity index (χ3v) is 5.53. The Morgan fingerprint density at radius 2 is 1.80 bits per heavy atom. The van der Waals surface area contributed by atoms with Gasteiger partial charge < -0.3 is 10.4 Å². The smallest absolute Gasteiger partial charge is 0.240 e. The first-order valence-corrected chi connectivity index (χ1v) is 8.38. The molecular weight excluding hydrogens is 276 g/mol. The number of benzene rings is 1. The van der Waals surface area contributed by atoms with Crippen molar-refractivity contribution in [2.45, 2.75) is 30.6 Å². The van der Waals surface area contributed by atoms with Crippen LogP contribution in [0.3, 0.4) is 0 Å². The van der Waals surface area contributed by atoms with Crippen molar-refractivity contribution < 1.29 is 13.5 Å². The van der Waals surface area contributed by atoms with Gasteiger partial charge in [-0.2, -0.15) is 0 Å². The van der Waals surface area contributed by atoms with E-state index >= 15 is 0 Å². The van der Waals surface area contributed by atoms with Gasteiger partial charge in [0.05, 0.1) is 11.5 Å². The van der Waals surface area contributed by atoms with Crippen molar-refractivity contribution in [1.82, 2.24) is 4.72 Å². The third kappa shape index (κ3) is 3.31. The SMILES string of the molecule is CNS(=O)(=O)c1ccc(NCC2(CO)CCCC2)cc1. The lowest BCUT2D eigenvalue weighted by atomic mass is 9.87. The molecule has 1 saturated carbocycles. The van der Waals surface area contributed by atoms with Crippen LogP contribution in [0.1, 0.15) is 25.7 Å². The normalized spacial score (nSPS) is 18.1. The molecule has 1 aromatic rings. The summed E-state index contributed by atoms with van der Waals surface area (Å²) in [6.45, 7) is 0.924. The molecule has 6 heteroatoms. The number of nitrogens with one attached hydrogen (secondary N) is 2. The fourth-order valence-corrected chi connectivity index (χ4v) is 3.41. The molecule has 3 N–H and O–H groups in total. The third-order valence-electron chi connectivity index (χ3n) is 4.10. The van der Waals surface area contributed by atoms with Crippen LogP contribution in [0, 0.1) is 5.41 Å². The molecule has 1 aliphatic carbocycles. The maximum Gasteiger partial charge on any atom is 0.240 e. The molecule has 0 bridgehead atoms. The Balaban J connectivity index is 2.01. The number of anilines is 1. The van der Waals surface area contributed by atoms with Crippen molar-refractivity contribution in [3.8, 4) is 0 Å². The summed E-state index contributed by atoms with van der Waals surface area (Å²) < 4.78 is 25.5. The van der Waals surface area contributed by atoms with Gasteiger partial charge in [-0.3, -0.25) is 0 Å². The topological polar surface area (TPSA) is 78.4 Å². The van der Waals surface area contributed by atoms with Gasteiger partial charge in [0.15, 0.2) is 0 Å². The zero-order valence-electron chi connectivity index (χ0n) is 11.7. The molecule has 0 heterocycles. The minimum Gasteiger partial charge on any atom is -0.396 e. The van der Waals surface area contributed by atoms with Gasteiger partial charge in [0.2, 0.25) is 10.0 Å². The van der Waals surface area contributed by atoms with E-state index < -0.39 is 10.0 Å². The second-order valence-corrected chi connectivity index (χ2v) is 7.34. The molecule has 1 aromatic carbocycles. The lowest BCUT2D eigenvalue weighted by Gasteiger charge is -2.27. The average molecular weight is 298 g/mol. The summed E-state index contributed by atoms with van der Waals surface area (Å²) >= 11 is 0. The van der Waals surface area contributed by atoms with Crippen LogP contribution >= 0.6 is 0 Å². The summed E-state index contributed by atoms with van der Waals surface area (Å²) in [5.41, 5.74) is 0.857. The highest BCUT2D eigenvalue weighted by atomic mass is 32.2. The summed E-state index contributed by atoms with van der Waals surface area (Å²) in [6, 6.07) is 6.66. The lowest BCUT2D eigenvalue weighted by molar-refractivity contribution is 0.142. The quantitative estimate of drug-likeness (QED) is 0.745. The Kier molecular flexibility index (Phi) is 4.67. The highest BCUT2D eigenvalue weighted by Gasteiger charge is 2.32. The van der Waals surface area contributed by atoms with E-state index in [9.17, 15) is 13.5 Å². The monoisotopic (exact) mass is 298 g/mol. The molecule has 0 unspecified atom stereocenters. The minimum atomic E-state index is -3.38. The van der Waals surface area contributed by atoms with Gasteiger partial charge in [-0.15, -0.1) is 0 Å². The molecule has 0 aromatic heterocycles. The van der Waals surface area contributed by atoms with Crippen LogP contribution in [0.4, 0.5) is 5.69 Å². The van der Waals surface area contributed by atoms with Crippen LogP contribution in [0.15, 0.2) is 29.2 Å². The Hall–Kier alpha value is -1.11. The van der Waals surface area contributed by atoms with E-state index in [1.807, 2.05) is 0 Å². The number of hydrogen-bond donors (Lipinski definition) is 3. The Labute approximate surface area is 120 Å². The molecule has 112 valence electrons. The van der Waals surface area contributed by atoms with E-state index in [1.165, 1.54) is 19.9 Å². The van der Waals surface area contributed by atoms with Crippen molar-refractivity contribution in [1.29, 1.82) is 0 Å². The first-order chi connectivity index (χ1) is 9.51. The molecule has 0 aliphatic heterocycles. The van der Waals surface area contributed by atoms with E-state index in [1.54, 1.807) is 24.3 Å². The van der Waals surface area contributed by atoms with E-state index in [2.05, 4.69) is 10.0 Å². The van der Waals surface area contributed by atoms with Crippen LogP contribution in [0.25, 0.3) is 0 Å². The zero-order chi connectivity index (χ0) is 14.6. The second kappa shape index (κ2) is 6.11. The van der Waals surface area contributed by atoms with E-state index in [-0.39, 0.29) is 16.9 Å². The second-order valence-electron chi connectivity index (χ2n) is 5.45.